The Labute approximate surface area is 163 Å². The average molecular weight is 381 g/mol. The van der Waals surface area contributed by atoms with Gasteiger partial charge in [-0.15, -0.1) is 0 Å². The molecule has 3 aromatic rings. The number of hydrogen-bond acceptors (Lipinski definition) is 5. The van der Waals surface area contributed by atoms with Gasteiger partial charge in [0.1, 0.15) is 11.3 Å². The van der Waals surface area contributed by atoms with Crippen LogP contribution in [0.15, 0.2) is 52.9 Å². The van der Waals surface area contributed by atoms with Crippen LogP contribution >= 0.6 is 0 Å². The van der Waals surface area contributed by atoms with E-state index in [1.165, 1.54) is 12.1 Å². The van der Waals surface area contributed by atoms with Gasteiger partial charge < -0.3 is 9.73 Å². The molecule has 0 spiro atoms. The fraction of sp³-hybridized carbons (Fsp3) is 0.286. The molecule has 0 saturated carbocycles. The fourth-order valence-electron chi connectivity index (χ4n) is 2.97. The number of benzene rings is 2. The molecule has 0 fully saturated rings. The number of amides is 1. The fourth-order valence-corrected chi connectivity index (χ4v) is 2.97. The molecule has 7 nitrogen and oxygen atoms in total. The van der Waals surface area contributed by atoms with E-state index in [4.69, 9.17) is 4.42 Å². The molecule has 1 N–H and O–H groups in total. The van der Waals surface area contributed by atoms with Crippen molar-refractivity contribution in [3.8, 4) is 0 Å². The maximum atomic E-state index is 12.3. The van der Waals surface area contributed by atoms with Gasteiger partial charge in [0.15, 0.2) is 0 Å². The van der Waals surface area contributed by atoms with Crippen LogP contribution in [-0.2, 0) is 4.79 Å². The number of aryl methyl sites for hydroxylation is 1. The van der Waals surface area contributed by atoms with Crippen molar-refractivity contribution < 1.29 is 14.1 Å². The third-order valence-corrected chi connectivity index (χ3v) is 4.92. The zero-order chi connectivity index (χ0) is 20.3. The summed E-state index contributed by atoms with van der Waals surface area (Å²) < 4.78 is 5.90. The van der Waals surface area contributed by atoms with E-state index in [0.717, 1.165) is 22.3 Å². The van der Waals surface area contributed by atoms with Crippen molar-refractivity contribution >= 4 is 28.3 Å². The number of carbonyl (C=O) groups excluding carboxylic acids is 1. The summed E-state index contributed by atoms with van der Waals surface area (Å²) in [7, 11) is 1.93. The number of anilines is 1. The number of rotatable bonds is 7. The third kappa shape index (κ3) is 4.37. The SMILES string of the molecule is Cc1ccc([N+](=O)[O-])cc1NC(=O)CCN(C)C(C)c1cc2ccccc2o1. The highest BCUT2D eigenvalue weighted by Gasteiger charge is 2.18. The maximum Gasteiger partial charge on any atom is 0.271 e. The molecule has 1 heterocycles. The predicted molar refractivity (Wildman–Crippen MR) is 108 cm³/mol. The summed E-state index contributed by atoms with van der Waals surface area (Å²) in [6.45, 7) is 4.35. The molecule has 7 heteroatoms. The van der Waals surface area contributed by atoms with E-state index < -0.39 is 4.92 Å². The van der Waals surface area contributed by atoms with E-state index >= 15 is 0 Å². The van der Waals surface area contributed by atoms with E-state index in [0.29, 0.717) is 12.2 Å². The lowest BCUT2D eigenvalue weighted by Gasteiger charge is -2.22. The van der Waals surface area contributed by atoms with Crippen molar-refractivity contribution in [1.29, 1.82) is 0 Å². The van der Waals surface area contributed by atoms with Crippen LogP contribution in [0.25, 0.3) is 11.0 Å². The van der Waals surface area contributed by atoms with Crippen LogP contribution in [0.2, 0.25) is 0 Å². The molecular weight excluding hydrogens is 358 g/mol. The van der Waals surface area contributed by atoms with Crippen LogP contribution in [0.4, 0.5) is 11.4 Å². The molecular formula is C21H23N3O4. The molecule has 0 aliphatic rings. The highest BCUT2D eigenvalue weighted by Crippen LogP contribution is 2.27. The molecule has 1 unspecified atom stereocenters. The number of hydrogen-bond donors (Lipinski definition) is 1. The zero-order valence-electron chi connectivity index (χ0n) is 16.1. The second-order valence-electron chi connectivity index (χ2n) is 6.90. The highest BCUT2D eigenvalue weighted by molar-refractivity contribution is 5.92. The predicted octanol–water partition coefficient (Wildman–Crippen LogP) is 4.67. The Hall–Kier alpha value is -3.19. The van der Waals surface area contributed by atoms with E-state index in [1.807, 2.05) is 49.2 Å². The van der Waals surface area contributed by atoms with Gasteiger partial charge in [-0.25, -0.2) is 0 Å². The Morgan fingerprint density at radius 3 is 2.71 bits per heavy atom. The highest BCUT2D eigenvalue weighted by atomic mass is 16.6. The third-order valence-electron chi connectivity index (χ3n) is 4.92. The molecule has 0 radical (unpaired) electrons. The summed E-state index contributed by atoms with van der Waals surface area (Å²) in [6.07, 6.45) is 0.267. The number of nitrogens with zero attached hydrogens (tertiary/aromatic N) is 2. The van der Waals surface area contributed by atoms with Crippen molar-refractivity contribution in [2.45, 2.75) is 26.3 Å². The molecule has 0 aliphatic carbocycles. The minimum absolute atomic E-state index is 0.0137. The maximum absolute atomic E-state index is 12.3. The molecule has 1 amide bonds. The van der Waals surface area contributed by atoms with Crippen LogP contribution in [-0.4, -0.2) is 29.3 Å². The van der Waals surface area contributed by atoms with E-state index in [2.05, 4.69) is 5.32 Å². The van der Waals surface area contributed by atoms with Gasteiger partial charge in [0.05, 0.1) is 16.7 Å². The van der Waals surface area contributed by atoms with E-state index in [9.17, 15) is 14.9 Å². The van der Waals surface area contributed by atoms with Gasteiger partial charge >= 0.3 is 0 Å². The van der Waals surface area contributed by atoms with Gasteiger partial charge in [-0.2, -0.15) is 0 Å². The minimum atomic E-state index is -0.474. The second kappa shape index (κ2) is 8.22. The summed E-state index contributed by atoms with van der Waals surface area (Å²) in [4.78, 5) is 24.8. The summed E-state index contributed by atoms with van der Waals surface area (Å²) in [5, 5.41) is 14.7. The number of furan rings is 1. The number of nitro benzene ring substituents is 1. The van der Waals surface area contributed by atoms with Gasteiger partial charge in [0, 0.05) is 30.5 Å². The Morgan fingerprint density at radius 2 is 2.00 bits per heavy atom. The lowest BCUT2D eigenvalue weighted by molar-refractivity contribution is -0.384. The molecule has 0 aliphatic heterocycles. The molecule has 2 aromatic carbocycles. The molecule has 28 heavy (non-hydrogen) atoms. The smallest absolute Gasteiger partial charge is 0.271 e. The summed E-state index contributed by atoms with van der Waals surface area (Å²) in [5.74, 6) is 0.658. The molecule has 0 saturated heterocycles. The van der Waals surface area contributed by atoms with Crippen LogP contribution in [0.5, 0.6) is 0 Å². The number of nitro groups is 1. The molecule has 1 atom stereocenters. The summed E-state index contributed by atoms with van der Waals surface area (Å²) >= 11 is 0. The largest absolute Gasteiger partial charge is 0.459 e. The van der Waals surface area contributed by atoms with Gasteiger partial charge in [-0.3, -0.25) is 19.8 Å². The lowest BCUT2D eigenvalue weighted by atomic mass is 10.1. The normalized spacial score (nSPS) is 12.3. The van der Waals surface area contributed by atoms with Crippen molar-refractivity contribution in [1.82, 2.24) is 4.90 Å². The molecule has 146 valence electrons. The van der Waals surface area contributed by atoms with Crippen LogP contribution < -0.4 is 5.32 Å². The first-order valence-corrected chi connectivity index (χ1v) is 9.09. The Morgan fingerprint density at radius 1 is 1.25 bits per heavy atom. The van der Waals surface area contributed by atoms with Gasteiger partial charge in [-0.05, 0) is 38.6 Å². The van der Waals surface area contributed by atoms with Crippen LogP contribution in [0.1, 0.15) is 30.7 Å². The summed E-state index contributed by atoms with van der Waals surface area (Å²) in [6, 6.07) is 14.3. The van der Waals surface area contributed by atoms with Gasteiger partial charge in [-0.1, -0.05) is 24.3 Å². The quantitative estimate of drug-likeness (QED) is 0.474. The Bertz CT molecular complexity index is 979. The van der Waals surface area contributed by atoms with Crippen LogP contribution in [0, 0.1) is 17.0 Å². The van der Waals surface area contributed by atoms with Crippen molar-refractivity contribution in [2.24, 2.45) is 0 Å². The molecule has 0 bridgehead atoms. The Kier molecular flexibility index (Phi) is 5.75. The number of non-ortho nitro benzene ring substituents is 1. The van der Waals surface area contributed by atoms with Crippen molar-refractivity contribution in [3.05, 3.63) is 70.0 Å². The zero-order valence-corrected chi connectivity index (χ0v) is 16.1. The van der Waals surface area contributed by atoms with Gasteiger partial charge in [0.2, 0.25) is 5.91 Å². The molecule has 3 rings (SSSR count). The first-order chi connectivity index (χ1) is 13.3. The summed E-state index contributed by atoms with van der Waals surface area (Å²) in [5.41, 5.74) is 2.04. The molecule has 1 aromatic heterocycles. The minimum Gasteiger partial charge on any atom is -0.459 e. The van der Waals surface area contributed by atoms with Gasteiger partial charge in [0.25, 0.3) is 5.69 Å². The van der Waals surface area contributed by atoms with E-state index in [1.54, 1.807) is 13.0 Å². The van der Waals surface area contributed by atoms with Crippen molar-refractivity contribution in [2.75, 3.05) is 18.9 Å². The average Bonchev–Trinajstić information content (AvgIpc) is 3.11. The van der Waals surface area contributed by atoms with Crippen LogP contribution in [0.3, 0.4) is 0 Å². The second-order valence-corrected chi connectivity index (χ2v) is 6.90. The number of carbonyl (C=O) groups is 1. The Balaban J connectivity index is 1.59. The first kappa shape index (κ1) is 19.6. The topological polar surface area (TPSA) is 88.6 Å². The lowest BCUT2D eigenvalue weighted by Crippen LogP contribution is -2.27. The number of para-hydroxylation sites is 1. The van der Waals surface area contributed by atoms with E-state index in [-0.39, 0.29) is 24.1 Å². The number of fused-ring (bicyclic) bond motifs is 1. The number of nitrogens with one attached hydrogen (secondary N) is 1. The standard InChI is InChI=1S/C21H23N3O4/c1-14-8-9-17(24(26)27)13-18(14)22-21(25)10-11-23(3)15(2)20-12-16-6-4-5-7-19(16)28-20/h4-9,12-13,15H,10-11H2,1-3H3,(H,22,25). The first-order valence-electron chi connectivity index (χ1n) is 9.09. The monoisotopic (exact) mass is 381 g/mol. The van der Waals surface area contributed by atoms with Crippen molar-refractivity contribution in [3.63, 3.8) is 0 Å².